The van der Waals surface area contributed by atoms with Crippen LogP contribution in [0.25, 0.3) is 10.9 Å². The van der Waals surface area contributed by atoms with Crippen molar-refractivity contribution in [2.24, 2.45) is 11.0 Å². The summed E-state index contributed by atoms with van der Waals surface area (Å²) >= 11 is 6.20. The third-order valence-corrected chi connectivity index (χ3v) is 4.61. The Balaban J connectivity index is 1.71. The number of halogens is 1. The number of fused-ring (bicyclic) bond motifs is 1. The summed E-state index contributed by atoms with van der Waals surface area (Å²) in [6.07, 6.45) is 6.96. The molecule has 0 radical (unpaired) electrons. The second kappa shape index (κ2) is 7.09. The molecule has 0 spiro atoms. The first-order valence-corrected chi connectivity index (χ1v) is 8.41. The number of rotatable bonds is 3. The molecular formula is C18H20ClN3O. The first-order valence-electron chi connectivity index (χ1n) is 8.03. The van der Waals surface area contributed by atoms with Crippen molar-refractivity contribution in [3.63, 3.8) is 0 Å². The molecule has 1 aromatic carbocycles. The van der Waals surface area contributed by atoms with E-state index in [-0.39, 0.29) is 11.8 Å². The maximum absolute atomic E-state index is 12.0. The number of aromatic nitrogens is 1. The molecular weight excluding hydrogens is 310 g/mol. The molecule has 1 aliphatic rings. The number of hydrogen-bond acceptors (Lipinski definition) is 3. The van der Waals surface area contributed by atoms with E-state index in [9.17, 15) is 4.79 Å². The van der Waals surface area contributed by atoms with Crippen molar-refractivity contribution in [3.8, 4) is 0 Å². The SMILES string of the molecule is Cc1ccc2cc(/C=N/NC(=O)C3CCCCC3)c(Cl)nc2c1. The first-order chi connectivity index (χ1) is 11.1. The second-order valence-electron chi connectivity index (χ2n) is 6.13. The molecule has 5 heteroatoms. The summed E-state index contributed by atoms with van der Waals surface area (Å²) in [5.74, 6) is 0.0931. The van der Waals surface area contributed by atoms with Crippen LogP contribution in [0.15, 0.2) is 29.4 Å². The molecule has 1 saturated carbocycles. The fourth-order valence-corrected chi connectivity index (χ4v) is 3.18. The van der Waals surface area contributed by atoms with E-state index in [0.29, 0.717) is 10.7 Å². The molecule has 0 aliphatic heterocycles. The lowest BCUT2D eigenvalue weighted by molar-refractivity contribution is -0.125. The van der Waals surface area contributed by atoms with Gasteiger partial charge in [-0.1, -0.05) is 43.0 Å². The van der Waals surface area contributed by atoms with E-state index >= 15 is 0 Å². The van der Waals surface area contributed by atoms with E-state index in [1.54, 1.807) is 6.21 Å². The van der Waals surface area contributed by atoms with E-state index < -0.39 is 0 Å². The highest BCUT2D eigenvalue weighted by molar-refractivity contribution is 6.32. The summed E-state index contributed by atoms with van der Waals surface area (Å²) in [7, 11) is 0. The molecule has 0 atom stereocenters. The molecule has 0 saturated heterocycles. The zero-order valence-electron chi connectivity index (χ0n) is 13.2. The fraction of sp³-hybridized carbons (Fsp3) is 0.389. The summed E-state index contributed by atoms with van der Waals surface area (Å²) in [5, 5.41) is 5.44. The molecule has 2 aromatic rings. The van der Waals surface area contributed by atoms with Gasteiger partial charge in [0.05, 0.1) is 11.7 Å². The predicted molar refractivity (Wildman–Crippen MR) is 93.8 cm³/mol. The van der Waals surface area contributed by atoms with Gasteiger partial charge in [-0.25, -0.2) is 10.4 Å². The third kappa shape index (κ3) is 3.88. The van der Waals surface area contributed by atoms with Crippen LogP contribution in [-0.2, 0) is 4.79 Å². The van der Waals surface area contributed by atoms with Crippen molar-refractivity contribution in [1.29, 1.82) is 0 Å². The van der Waals surface area contributed by atoms with Crippen LogP contribution in [0.3, 0.4) is 0 Å². The first kappa shape index (κ1) is 15.9. The number of amides is 1. The van der Waals surface area contributed by atoms with Crippen molar-refractivity contribution >= 4 is 34.6 Å². The topological polar surface area (TPSA) is 54.4 Å². The van der Waals surface area contributed by atoms with Gasteiger partial charge in [-0.05, 0) is 37.5 Å². The van der Waals surface area contributed by atoms with Crippen LogP contribution in [0.1, 0.15) is 43.2 Å². The number of nitrogens with one attached hydrogen (secondary N) is 1. The van der Waals surface area contributed by atoms with Crippen molar-refractivity contribution in [1.82, 2.24) is 10.4 Å². The monoisotopic (exact) mass is 329 g/mol. The molecule has 0 unspecified atom stereocenters. The van der Waals surface area contributed by atoms with Crippen molar-refractivity contribution in [2.45, 2.75) is 39.0 Å². The number of carbonyl (C=O) groups excluding carboxylic acids is 1. The lowest BCUT2D eigenvalue weighted by atomic mass is 9.89. The predicted octanol–water partition coefficient (Wildman–Crippen LogP) is 4.23. The van der Waals surface area contributed by atoms with Crippen LogP contribution in [-0.4, -0.2) is 17.1 Å². The highest BCUT2D eigenvalue weighted by Crippen LogP contribution is 2.23. The quantitative estimate of drug-likeness (QED) is 0.520. The van der Waals surface area contributed by atoms with Crippen molar-refractivity contribution in [3.05, 3.63) is 40.5 Å². The van der Waals surface area contributed by atoms with E-state index in [4.69, 9.17) is 11.6 Å². The summed E-state index contributed by atoms with van der Waals surface area (Å²) in [5.41, 5.74) is 5.33. The minimum atomic E-state index is 0.00134. The van der Waals surface area contributed by atoms with E-state index in [1.165, 1.54) is 6.42 Å². The van der Waals surface area contributed by atoms with Crippen molar-refractivity contribution in [2.75, 3.05) is 0 Å². The molecule has 0 bridgehead atoms. The Bertz CT molecular complexity index is 751. The zero-order valence-corrected chi connectivity index (χ0v) is 13.9. The normalized spacial score (nSPS) is 16.1. The molecule has 3 rings (SSSR count). The van der Waals surface area contributed by atoms with E-state index in [2.05, 4.69) is 15.5 Å². The fourth-order valence-electron chi connectivity index (χ4n) is 2.98. The smallest absolute Gasteiger partial charge is 0.243 e. The second-order valence-corrected chi connectivity index (χ2v) is 6.49. The molecule has 120 valence electrons. The molecule has 23 heavy (non-hydrogen) atoms. The Morgan fingerprint density at radius 1 is 1.30 bits per heavy atom. The van der Waals surface area contributed by atoms with Crippen LogP contribution in [0.5, 0.6) is 0 Å². The van der Waals surface area contributed by atoms with Crippen LogP contribution >= 0.6 is 11.6 Å². The Morgan fingerprint density at radius 3 is 2.87 bits per heavy atom. The van der Waals surface area contributed by atoms with Gasteiger partial charge in [-0.3, -0.25) is 4.79 Å². The zero-order chi connectivity index (χ0) is 16.2. The van der Waals surface area contributed by atoms with Gasteiger partial charge in [0.15, 0.2) is 0 Å². The standard InChI is InChI=1S/C18H20ClN3O/c1-12-7-8-14-10-15(17(19)21-16(14)9-12)11-20-22-18(23)13-5-3-2-4-6-13/h7-11,13H,2-6H2,1H3,(H,22,23)/b20-11+. The number of hydrogen-bond donors (Lipinski definition) is 1. The van der Waals surface area contributed by atoms with Gasteiger partial charge in [0.2, 0.25) is 5.91 Å². The Kier molecular flexibility index (Phi) is 4.91. The Hall–Kier alpha value is -1.94. The van der Waals surface area contributed by atoms with Gasteiger partial charge >= 0.3 is 0 Å². The average molecular weight is 330 g/mol. The van der Waals surface area contributed by atoms with Gasteiger partial charge in [-0.2, -0.15) is 5.10 Å². The van der Waals surface area contributed by atoms with Gasteiger partial charge in [0.25, 0.3) is 0 Å². The summed E-state index contributed by atoms with van der Waals surface area (Å²) in [6, 6.07) is 7.96. The van der Waals surface area contributed by atoms with Crippen molar-refractivity contribution < 1.29 is 4.79 Å². The number of pyridine rings is 1. The van der Waals surface area contributed by atoms with Crippen LogP contribution in [0.2, 0.25) is 5.15 Å². The highest BCUT2D eigenvalue weighted by atomic mass is 35.5. The minimum Gasteiger partial charge on any atom is -0.273 e. The van der Waals surface area contributed by atoms with Gasteiger partial charge < -0.3 is 0 Å². The van der Waals surface area contributed by atoms with Gasteiger partial charge in [-0.15, -0.1) is 0 Å². The molecule has 1 aromatic heterocycles. The van der Waals surface area contributed by atoms with Gasteiger partial charge in [0.1, 0.15) is 5.15 Å². The number of carbonyl (C=O) groups is 1. The van der Waals surface area contributed by atoms with Crippen LogP contribution in [0.4, 0.5) is 0 Å². The largest absolute Gasteiger partial charge is 0.273 e. The van der Waals surface area contributed by atoms with Crippen LogP contribution in [0, 0.1) is 12.8 Å². The van der Waals surface area contributed by atoms with E-state index in [0.717, 1.165) is 42.1 Å². The van der Waals surface area contributed by atoms with E-state index in [1.807, 2.05) is 31.2 Å². The number of aryl methyl sites for hydroxylation is 1. The van der Waals surface area contributed by atoms with Crippen LogP contribution < -0.4 is 5.43 Å². The molecule has 1 fully saturated rings. The maximum Gasteiger partial charge on any atom is 0.243 e. The molecule has 1 heterocycles. The lowest BCUT2D eigenvalue weighted by Crippen LogP contribution is -2.28. The number of hydrazone groups is 1. The Labute approximate surface area is 140 Å². The number of benzene rings is 1. The summed E-state index contributed by atoms with van der Waals surface area (Å²) in [4.78, 5) is 16.4. The number of nitrogens with zero attached hydrogens (tertiary/aromatic N) is 2. The lowest BCUT2D eigenvalue weighted by Gasteiger charge is -2.19. The summed E-state index contributed by atoms with van der Waals surface area (Å²) < 4.78 is 0. The molecule has 4 nitrogen and oxygen atoms in total. The highest BCUT2D eigenvalue weighted by Gasteiger charge is 2.20. The molecule has 1 amide bonds. The minimum absolute atomic E-state index is 0.00134. The molecule has 1 N–H and O–H groups in total. The van der Waals surface area contributed by atoms with Gasteiger partial charge in [0, 0.05) is 16.9 Å². The molecule has 1 aliphatic carbocycles. The third-order valence-electron chi connectivity index (χ3n) is 4.31. The Morgan fingerprint density at radius 2 is 2.09 bits per heavy atom. The maximum atomic E-state index is 12.0. The summed E-state index contributed by atoms with van der Waals surface area (Å²) in [6.45, 7) is 2.02. The average Bonchev–Trinajstić information content (AvgIpc) is 2.56.